The molecule has 3 aromatic rings. The molecule has 0 spiro atoms. The van der Waals surface area contributed by atoms with Gasteiger partial charge in [0.1, 0.15) is 0 Å². The van der Waals surface area contributed by atoms with Gasteiger partial charge in [0.25, 0.3) is 0 Å². The Balaban J connectivity index is 1.48. The fourth-order valence-electron chi connectivity index (χ4n) is 3.48. The summed E-state index contributed by atoms with van der Waals surface area (Å²) in [5.41, 5.74) is 2.45. The second-order valence-corrected chi connectivity index (χ2v) is 6.57. The fourth-order valence-corrected chi connectivity index (χ4v) is 3.48. The van der Waals surface area contributed by atoms with E-state index < -0.39 is 0 Å². The zero-order valence-corrected chi connectivity index (χ0v) is 13.7. The van der Waals surface area contributed by atoms with Crippen LogP contribution in [-0.4, -0.2) is 22.8 Å². The summed E-state index contributed by atoms with van der Waals surface area (Å²) in [5.74, 6) is 0.766. The van der Waals surface area contributed by atoms with Gasteiger partial charge in [-0.05, 0) is 34.9 Å². The molecule has 24 heavy (non-hydrogen) atoms. The van der Waals surface area contributed by atoms with Gasteiger partial charge in [-0.3, -0.25) is 9.78 Å². The summed E-state index contributed by atoms with van der Waals surface area (Å²) in [5, 5.41) is 2.28. The first kappa shape index (κ1) is 14.9. The van der Waals surface area contributed by atoms with Crippen molar-refractivity contribution < 1.29 is 4.79 Å². The Hall–Kier alpha value is -2.68. The molecule has 1 aliphatic carbocycles. The predicted molar refractivity (Wildman–Crippen MR) is 95.5 cm³/mol. The Morgan fingerprint density at radius 1 is 1.12 bits per heavy atom. The average molecular weight is 316 g/mol. The molecular weight excluding hydrogens is 296 g/mol. The molecule has 1 aromatic heterocycles. The predicted octanol–water partition coefficient (Wildman–Crippen LogP) is 4.00. The van der Waals surface area contributed by atoms with Gasteiger partial charge in [0.05, 0.1) is 0 Å². The van der Waals surface area contributed by atoms with E-state index in [1.807, 2.05) is 48.5 Å². The van der Waals surface area contributed by atoms with Crippen LogP contribution < -0.4 is 0 Å². The number of amides is 1. The molecular formula is C21H20N2O. The molecule has 0 radical (unpaired) electrons. The monoisotopic (exact) mass is 316 g/mol. The van der Waals surface area contributed by atoms with Crippen LogP contribution in [0.25, 0.3) is 10.8 Å². The summed E-state index contributed by atoms with van der Waals surface area (Å²) < 4.78 is 0. The van der Waals surface area contributed by atoms with Gasteiger partial charge in [-0.1, -0.05) is 48.5 Å². The quantitative estimate of drug-likeness (QED) is 0.729. The number of pyridine rings is 1. The molecule has 0 saturated heterocycles. The maximum Gasteiger partial charge on any atom is 0.226 e. The number of benzene rings is 2. The summed E-state index contributed by atoms with van der Waals surface area (Å²) >= 11 is 0. The molecule has 3 nitrogen and oxygen atoms in total. The van der Waals surface area contributed by atoms with Crippen molar-refractivity contribution in [3.05, 3.63) is 78.1 Å². The van der Waals surface area contributed by atoms with Crippen LogP contribution in [0.4, 0.5) is 0 Å². The van der Waals surface area contributed by atoms with Crippen LogP contribution in [0, 0.1) is 5.92 Å². The highest BCUT2D eigenvalue weighted by Gasteiger charge is 2.44. The normalized spacial score (nSPS) is 19.2. The van der Waals surface area contributed by atoms with E-state index in [0.717, 1.165) is 11.8 Å². The van der Waals surface area contributed by atoms with Gasteiger partial charge >= 0.3 is 0 Å². The minimum Gasteiger partial charge on any atom is -0.341 e. The van der Waals surface area contributed by atoms with Crippen molar-refractivity contribution >= 4 is 16.7 Å². The van der Waals surface area contributed by atoms with Gasteiger partial charge in [-0.2, -0.15) is 0 Å². The summed E-state index contributed by atoms with van der Waals surface area (Å²) in [6.45, 7) is 0.637. The molecule has 3 heteroatoms. The van der Waals surface area contributed by atoms with Crippen molar-refractivity contribution in [2.45, 2.75) is 18.9 Å². The molecule has 1 fully saturated rings. The third-order valence-corrected chi connectivity index (χ3v) is 4.89. The van der Waals surface area contributed by atoms with Crippen LogP contribution in [0.2, 0.25) is 0 Å². The zero-order chi connectivity index (χ0) is 16.5. The molecule has 1 aliphatic rings. The van der Waals surface area contributed by atoms with Crippen LogP contribution in [-0.2, 0) is 11.3 Å². The molecule has 4 rings (SSSR count). The molecule has 2 unspecified atom stereocenters. The van der Waals surface area contributed by atoms with Gasteiger partial charge < -0.3 is 4.90 Å². The summed E-state index contributed by atoms with van der Waals surface area (Å²) in [7, 11) is 1.91. The average Bonchev–Trinajstić information content (AvgIpc) is 3.43. The van der Waals surface area contributed by atoms with Gasteiger partial charge in [-0.25, -0.2) is 0 Å². The third-order valence-electron chi connectivity index (χ3n) is 4.89. The highest BCUT2D eigenvalue weighted by atomic mass is 16.2. The Labute approximate surface area is 141 Å². The van der Waals surface area contributed by atoms with Crippen LogP contribution >= 0.6 is 0 Å². The number of hydrogen-bond donors (Lipinski definition) is 0. The molecule has 2 aromatic carbocycles. The number of carbonyl (C=O) groups excluding carboxylic acids is 1. The molecule has 1 heterocycles. The van der Waals surface area contributed by atoms with E-state index >= 15 is 0 Å². The van der Waals surface area contributed by atoms with Crippen molar-refractivity contribution in [1.29, 1.82) is 0 Å². The number of aromatic nitrogens is 1. The smallest absolute Gasteiger partial charge is 0.226 e. The van der Waals surface area contributed by atoms with Gasteiger partial charge in [0, 0.05) is 37.3 Å². The number of hydrogen-bond acceptors (Lipinski definition) is 2. The van der Waals surface area contributed by atoms with Crippen molar-refractivity contribution in [3.8, 4) is 0 Å². The van der Waals surface area contributed by atoms with E-state index in [1.165, 1.54) is 16.5 Å². The summed E-state index contributed by atoms with van der Waals surface area (Å²) in [6, 6.07) is 18.5. The lowest BCUT2D eigenvalue weighted by Crippen LogP contribution is -2.28. The van der Waals surface area contributed by atoms with Crippen LogP contribution in [0.1, 0.15) is 23.5 Å². The molecule has 0 aliphatic heterocycles. The Kier molecular flexibility index (Phi) is 3.77. The minimum absolute atomic E-state index is 0.133. The fraction of sp³-hybridized carbons (Fsp3) is 0.238. The first-order chi connectivity index (χ1) is 11.7. The topological polar surface area (TPSA) is 33.2 Å². The van der Waals surface area contributed by atoms with Crippen LogP contribution in [0.5, 0.6) is 0 Å². The molecule has 1 amide bonds. The molecule has 2 atom stereocenters. The standard InChI is InChI=1S/C21H20N2O/c1-23(14-17-9-5-8-16-13-22-11-10-18(16)17)21(24)20-12-19(20)15-6-3-2-4-7-15/h2-11,13,19-20H,12,14H2,1H3. The highest BCUT2D eigenvalue weighted by Crippen LogP contribution is 2.48. The number of carbonyl (C=O) groups is 1. The zero-order valence-electron chi connectivity index (χ0n) is 13.7. The van der Waals surface area contributed by atoms with Gasteiger partial charge in [0.2, 0.25) is 5.91 Å². The maximum absolute atomic E-state index is 12.7. The summed E-state index contributed by atoms with van der Waals surface area (Å²) in [6.07, 6.45) is 4.64. The first-order valence-corrected chi connectivity index (χ1v) is 8.35. The number of fused-ring (bicyclic) bond motifs is 1. The van der Waals surface area contributed by atoms with Gasteiger partial charge in [-0.15, -0.1) is 0 Å². The lowest BCUT2D eigenvalue weighted by Gasteiger charge is -2.18. The van der Waals surface area contributed by atoms with E-state index in [4.69, 9.17) is 0 Å². The SMILES string of the molecule is CN(Cc1cccc2cnccc12)C(=O)C1CC1c1ccccc1. The van der Waals surface area contributed by atoms with Gasteiger partial charge in [0.15, 0.2) is 0 Å². The lowest BCUT2D eigenvalue weighted by atomic mass is 10.1. The molecule has 120 valence electrons. The Bertz CT molecular complexity index is 870. The highest BCUT2D eigenvalue weighted by molar-refractivity contribution is 5.86. The van der Waals surface area contributed by atoms with E-state index in [2.05, 4.69) is 29.2 Å². The lowest BCUT2D eigenvalue weighted by molar-refractivity contribution is -0.131. The first-order valence-electron chi connectivity index (χ1n) is 8.35. The molecule has 0 N–H and O–H groups in total. The Morgan fingerprint density at radius 3 is 2.79 bits per heavy atom. The molecule has 1 saturated carbocycles. The van der Waals surface area contributed by atoms with E-state index in [-0.39, 0.29) is 11.8 Å². The number of nitrogens with zero attached hydrogens (tertiary/aromatic N) is 2. The van der Waals surface area contributed by atoms with Crippen molar-refractivity contribution in [1.82, 2.24) is 9.88 Å². The van der Waals surface area contributed by atoms with Crippen LogP contribution in [0.3, 0.4) is 0 Å². The van der Waals surface area contributed by atoms with E-state index in [0.29, 0.717) is 12.5 Å². The van der Waals surface area contributed by atoms with E-state index in [9.17, 15) is 4.79 Å². The van der Waals surface area contributed by atoms with Crippen molar-refractivity contribution in [2.24, 2.45) is 5.92 Å². The van der Waals surface area contributed by atoms with E-state index in [1.54, 1.807) is 6.20 Å². The van der Waals surface area contributed by atoms with Crippen LogP contribution in [0.15, 0.2) is 67.0 Å². The van der Waals surface area contributed by atoms with Crippen molar-refractivity contribution in [3.63, 3.8) is 0 Å². The van der Waals surface area contributed by atoms with Crippen molar-refractivity contribution in [2.75, 3.05) is 7.05 Å². The second-order valence-electron chi connectivity index (χ2n) is 6.57. The number of rotatable bonds is 4. The largest absolute Gasteiger partial charge is 0.341 e. The summed E-state index contributed by atoms with van der Waals surface area (Å²) in [4.78, 5) is 18.8. The second kappa shape index (κ2) is 6.08. The third kappa shape index (κ3) is 2.78. The minimum atomic E-state index is 0.133. The maximum atomic E-state index is 12.7. The molecule has 0 bridgehead atoms. The Morgan fingerprint density at radius 2 is 1.96 bits per heavy atom.